The standard InChI is InChI=1S/C12H13BrClN3O/c1-2-5-17-10(11(15)16-12(17)18)8-6-7(13)3-4-9(8)14/h3-4,6,10H,2,5H2,1H3,(H2,15,16,18). The monoisotopic (exact) mass is 329 g/mol. The second kappa shape index (κ2) is 5.28. The van der Waals surface area contributed by atoms with Crippen molar-refractivity contribution in [3.8, 4) is 0 Å². The molecular formula is C12H13BrClN3O. The van der Waals surface area contributed by atoms with Gasteiger partial charge in [-0.3, -0.25) is 0 Å². The van der Waals surface area contributed by atoms with E-state index in [2.05, 4.69) is 20.9 Å². The van der Waals surface area contributed by atoms with Crippen LogP contribution in [0.2, 0.25) is 5.02 Å². The van der Waals surface area contributed by atoms with E-state index >= 15 is 0 Å². The van der Waals surface area contributed by atoms with Crippen molar-refractivity contribution in [3.63, 3.8) is 0 Å². The number of carbonyl (C=O) groups is 1. The fraction of sp³-hybridized carbons (Fsp3) is 0.333. The Labute approximate surface area is 119 Å². The lowest BCUT2D eigenvalue weighted by Gasteiger charge is -2.24. The summed E-state index contributed by atoms with van der Waals surface area (Å²) < 4.78 is 0.894. The van der Waals surface area contributed by atoms with E-state index in [9.17, 15) is 4.79 Å². The minimum atomic E-state index is -0.359. The summed E-state index contributed by atoms with van der Waals surface area (Å²) in [6.07, 6.45) is 0.844. The van der Waals surface area contributed by atoms with Crippen LogP contribution in [0, 0.1) is 0 Å². The van der Waals surface area contributed by atoms with E-state index in [1.165, 1.54) is 0 Å². The van der Waals surface area contributed by atoms with Crippen molar-refractivity contribution in [2.75, 3.05) is 6.54 Å². The molecular weight excluding hydrogens is 318 g/mol. The SMILES string of the molecule is CCCN1C(=O)N=C(N)C1c1cc(Br)ccc1Cl. The molecule has 1 aromatic rings. The van der Waals surface area contributed by atoms with Gasteiger partial charge in [0.2, 0.25) is 0 Å². The average molecular weight is 331 g/mol. The first kappa shape index (κ1) is 13.4. The van der Waals surface area contributed by atoms with Gasteiger partial charge in [-0.2, -0.15) is 4.99 Å². The molecule has 0 fully saturated rings. The summed E-state index contributed by atoms with van der Waals surface area (Å²) in [5.74, 6) is 0.299. The van der Waals surface area contributed by atoms with Crippen LogP contribution >= 0.6 is 27.5 Å². The molecule has 1 unspecified atom stereocenters. The summed E-state index contributed by atoms with van der Waals surface area (Å²) in [6.45, 7) is 2.61. The number of nitrogens with zero attached hydrogens (tertiary/aromatic N) is 2. The molecule has 1 aliphatic heterocycles. The highest BCUT2D eigenvalue weighted by Gasteiger charge is 2.35. The largest absolute Gasteiger partial charge is 0.385 e. The first-order chi connectivity index (χ1) is 8.54. The van der Waals surface area contributed by atoms with Crippen LogP contribution in [0.1, 0.15) is 24.9 Å². The Morgan fingerprint density at radius 2 is 2.28 bits per heavy atom. The highest BCUT2D eigenvalue weighted by molar-refractivity contribution is 9.10. The smallest absolute Gasteiger partial charge is 0.346 e. The number of rotatable bonds is 3. The highest BCUT2D eigenvalue weighted by Crippen LogP contribution is 2.33. The molecule has 0 aliphatic carbocycles. The Hall–Kier alpha value is -1.07. The van der Waals surface area contributed by atoms with Gasteiger partial charge in [-0.15, -0.1) is 0 Å². The van der Waals surface area contributed by atoms with Gasteiger partial charge in [0, 0.05) is 21.6 Å². The maximum absolute atomic E-state index is 11.8. The van der Waals surface area contributed by atoms with Crippen LogP contribution in [0.25, 0.3) is 0 Å². The number of benzene rings is 1. The summed E-state index contributed by atoms with van der Waals surface area (Å²) in [5, 5.41) is 0.581. The molecule has 1 aromatic carbocycles. The Morgan fingerprint density at radius 3 is 2.94 bits per heavy atom. The van der Waals surface area contributed by atoms with E-state index in [1.54, 1.807) is 11.0 Å². The second-order valence-corrected chi connectivity index (χ2v) is 5.40. The van der Waals surface area contributed by atoms with Gasteiger partial charge in [0.15, 0.2) is 0 Å². The van der Waals surface area contributed by atoms with Gasteiger partial charge >= 0.3 is 6.03 Å². The summed E-state index contributed by atoms with van der Waals surface area (Å²) in [6, 6.07) is 4.84. The van der Waals surface area contributed by atoms with Crippen molar-refractivity contribution in [3.05, 3.63) is 33.3 Å². The number of hydrogen-bond acceptors (Lipinski definition) is 2. The van der Waals surface area contributed by atoms with Crippen LogP contribution in [0.4, 0.5) is 4.79 Å². The fourth-order valence-corrected chi connectivity index (χ4v) is 2.62. The Kier molecular flexibility index (Phi) is 3.92. The third kappa shape index (κ3) is 2.37. The minimum Gasteiger partial charge on any atom is -0.385 e. The number of nitrogens with two attached hydrogens (primary N) is 1. The van der Waals surface area contributed by atoms with Gasteiger partial charge in [0.25, 0.3) is 0 Å². The van der Waals surface area contributed by atoms with E-state index < -0.39 is 0 Å². The first-order valence-corrected chi connectivity index (χ1v) is 6.81. The Balaban J connectivity index is 2.44. The highest BCUT2D eigenvalue weighted by atomic mass is 79.9. The van der Waals surface area contributed by atoms with Gasteiger partial charge in [-0.25, -0.2) is 4.79 Å². The molecule has 0 saturated heterocycles. The van der Waals surface area contributed by atoms with Gasteiger partial charge in [-0.05, 0) is 24.6 Å². The number of aliphatic imine (C=N–C) groups is 1. The van der Waals surface area contributed by atoms with Gasteiger partial charge in [0.1, 0.15) is 11.9 Å². The molecule has 4 nitrogen and oxygen atoms in total. The molecule has 96 valence electrons. The third-order valence-electron chi connectivity index (χ3n) is 2.78. The quantitative estimate of drug-likeness (QED) is 0.924. The first-order valence-electron chi connectivity index (χ1n) is 5.64. The van der Waals surface area contributed by atoms with E-state index in [0.717, 1.165) is 16.5 Å². The maximum atomic E-state index is 11.8. The van der Waals surface area contributed by atoms with Crippen LogP contribution in [0.3, 0.4) is 0 Å². The molecule has 1 heterocycles. The van der Waals surface area contributed by atoms with Crippen LogP contribution in [0.15, 0.2) is 27.7 Å². The van der Waals surface area contributed by atoms with Crippen molar-refractivity contribution in [2.24, 2.45) is 10.7 Å². The van der Waals surface area contributed by atoms with Crippen molar-refractivity contribution < 1.29 is 4.79 Å². The summed E-state index contributed by atoms with van der Waals surface area (Å²) in [7, 11) is 0. The molecule has 6 heteroatoms. The zero-order chi connectivity index (χ0) is 13.3. The number of halogens is 2. The van der Waals surface area contributed by atoms with Crippen molar-refractivity contribution in [1.82, 2.24) is 4.90 Å². The van der Waals surface area contributed by atoms with Crippen molar-refractivity contribution in [2.45, 2.75) is 19.4 Å². The van der Waals surface area contributed by atoms with E-state index in [-0.39, 0.29) is 12.1 Å². The van der Waals surface area contributed by atoms with Crippen LogP contribution < -0.4 is 5.73 Å². The normalized spacial score (nSPS) is 19.3. The minimum absolute atomic E-state index is 0.296. The zero-order valence-corrected chi connectivity index (χ0v) is 12.2. The van der Waals surface area contributed by atoms with Crippen molar-refractivity contribution in [1.29, 1.82) is 0 Å². The van der Waals surface area contributed by atoms with Crippen molar-refractivity contribution >= 4 is 39.4 Å². The van der Waals surface area contributed by atoms with Gasteiger partial charge < -0.3 is 10.6 Å². The number of urea groups is 1. The fourth-order valence-electron chi connectivity index (χ4n) is 2.02. The lowest BCUT2D eigenvalue weighted by atomic mass is 10.1. The van der Waals surface area contributed by atoms with Crippen LogP contribution in [-0.4, -0.2) is 23.3 Å². The Morgan fingerprint density at radius 1 is 1.56 bits per heavy atom. The zero-order valence-electron chi connectivity index (χ0n) is 9.86. The summed E-state index contributed by atoms with van der Waals surface area (Å²) in [4.78, 5) is 17.2. The van der Waals surface area contributed by atoms with Gasteiger partial charge in [0.05, 0.1) is 0 Å². The summed E-state index contributed by atoms with van der Waals surface area (Å²) >= 11 is 9.58. The van der Waals surface area contributed by atoms with E-state index in [4.69, 9.17) is 17.3 Å². The van der Waals surface area contributed by atoms with E-state index in [0.29, 0.717) is 17.4 Å². The van der Waals surface area contributed by atoms with Crippen LogP contribution in [0.5, 0.6) is 0 Å². The molecule has 0 aromatic heterocycles. The maximum Gasteiger partial charge on any atom is 0.346 e. The predicted molar refractivity (Wildman–Crippen MR) is 75.9 cm³/mol. The lowest BCUT2D eigenvalue weighted by Crippen LogP contribution is -2.34. The summed E-state index contributed by atoms with van der Waals surface area (Å²) in [5.41, 5.74) is 6.65. The molecule has 0 spiro atoms. The molecule has 18 heavy (non-hydrogen) atoms. The van der Waals surface area contributed by atoms with Crippen LogP contribution in [-0.2, 0) is 0 Å². The molecule has 0 bridgehead atoms. The molecule has 0 radical (unpaired) electrons. The number of amidine groups is 1. The number of carbonyl (C=O) groups excluding carboxylic acids is 1. The third-order valence-corrected chi connectivity index (χ3v) is 3.62. The molecule has 1 atom stereocenters. The number of amides is 2. The predicted octanol–water partition coefficient (Wildman–Crippen LogP) is 3.35. The average Bonchev–Trinajstić information content (AvgIpc) is 2.58. The number of hydrogen-bond donors (Lipinski definition) is 1. The molecule has 2 amide bonds. The van der Waals surface area contributed by atoms with Gasteiger partial charge in [-0.1, -0.05) is 34.5 Å². The second-order valence-electron chi connectivity index (χ2n) is 4.08. The lowest BCUT2D eigenvalue weighted by molar-refractivity contribution is 0.206. The molecule has 2 rings (SSSR count). The van der Waals surface area contributed by atoms with E-state index in [1.807, 2.05) is 19.1 Å². The Bertz CT molecular complexity index is 518. The molecule has 0 saturated carbocycles. The topological polar surface area (TPSA) is 58.7 Å². The molecule has 1 aliphatic rings. The molecule has 2 N–H and O–H groups in total.